The number of carbonyl (C=O) groups is 2. The zero-order valence-corrected chi connectivity index (χ0v) is 8.55. The highest BCUT2D eigenvalue weighted by Gasteiger charge is 2.35. The van der Waals surface area contributed by atoms with E-state index in [2.05, 4.69) is 0 Å². The molecule has 0 spiro atoms. The van der Waals surface area contributed by atoms with Crippen LogP contribution in [-0.4, -0.2) is 46.4 Å². The van der Waals surface area contributed by atoms with Crippen LogP contribution in [0.1, 0.15) is 19.8 Å². The first-order valence-electron chi connectivity index (χ1n) is 4.85. The second-order valence-corrected chi connectivity index (χ2v) is 3.62. The van der Waals surface area contributed by atoms with Gasteiger partial charge >= 0.3 is 5.97 Å². The zero-order valence-electron chi connectivity index (χ0n) is 8.55. The van der Waals surface area contributed by atoms with Crippen molar-refractivity contribution in [2.45, 2.75) is 25.9 Å². The lowest BCUT2D eigenvalue weighted by Gasteiger charge is -2.20. The highest BCUT2D eigenvalue weighted by Crippen LogP contribution is 2.19. The van der Waals surface area contributed by atoms with E-state index >= 15 is 0 Å². The lowest BCUT2D eigenvalue weighted by atomic mass is 10.1. The van der Waals surface area contributed by atoms with Gasteiger partial charge in [0.05, 0.1) is 18.6 Å². The van der Waals surface area contributed by atoms with Crippen LogP contribution in [0, 0.1) is 5.92 Å². The number of hydrogen-bond donors (Lipinski definition) is 2. The van der Waals surface area contributed by atoms with E-state index in [4.69, 9.17) is 15.1 Å². The van der Waals surface area contributed by atoms with Crippen molar-refractivity contribution in [2.75, 3.05) is 13.2 Å². The van der Waals surface area contributed by atoms with E-state index in [0.717, 1.165) is 5.06 Å². The first-order valence-corrected chi connectivity index (χ1v) is 4.85. The third-order valence-corrected chi connectivity index (χ3v) is 2.28. The topological polar surface area (TPSA) is 87.1 Å². The Bertz CT molecular complexity index is 255. The number of aliphatic carboxylic acids is 1. The van der Waals surface area contributed by atoms with Gasteiger partial charge in [-0.25, -0.2) is 5.06 Å². The fraction of sp³-hybridized carbons (Fsp3) is 0.778. The molecule has 2 N–H and O–H groups in total. The lowest BCUT2D eigenvalue weighted by molar-refractivity contribution is -0.197. The molecule has 6 nitrogen and oxygen atoms in total. The van der Waals surface area contributed by atoms with E-state index in [1.165, 1.54) is 0 Å². The highest BCUT2D eigenvalue weighted by molar-refractivity contribution is 5.85. The first kappa shape index (κ1) is 11.9. The molecule has 1 saturated heterocycles. The number of hydroxylamine groups is 2. The number of amides is 1. The van der Waals surface area contributed by atoms with E-state index in [1.807, 2.05) is 0 Å². The summed E-state index contributed by atoms with van der Waals surface area (Å²) in [6.07, 6.45) is 0.120. The molecule has 15 heavy (non-hydrogen) atoms. The minimum atomic E-state index is -0.982. The molecule has 0 aromatic rings. The van der Waals surface area contributed by atoms with Gasteiger partial charge in [0.15, 0.2) is 0 Å². The predicted octanol–water partition coefficient (Wildman–Crippen LogP) is -0.378. The van der Waals surface area contributed by atoms with Crippen molar-refractivity contribution < 1.29 is 24.6 Å². The van der Waals surface area contributed by atoms with Crippen molar-refractivity contribution in [2.24, 2.45) is 5.92 Å². The maximum atomic E-state index is 11.3. The molecule has 6 heteroatoms. The summed E-state index contributed by atoms with van der Waals surface area (Å²) in [5.41, 5.74) is 0. The van der Waals surface area contributed by atoms with Crippen LogP contribution in [0.4, 0.5) is 0 Å². The summed E-state index contributed by atoms with van der Waals surface area (Å²) >= 11 is 0. The van der Waals surface area contributed by atoms with Gasteiger partial charge < -0.3 is 10.2 Å². The monoisotopic (exact) mass is 217 g/mol. The number of carbonyl (C=O) groups excluding carboxylic acids is 1. The molecule has 0 radical (unpaired) electrons. The van der Waals surface area contributed by atoms with Gasteiger partial charge in [-0.3, -0.25) is 14.4 Å². The second kappa shape index (κ2) is 5.09. The van der Waals surface area contributed by atoms with Gasteiger partial charge in [0.1, 0.15) is 0 Å². The van der Waals surface area contributed by atoms with Gasteiger partial charge in [-0.05, 0) is 13.3 Å². The summed E-state index contributed by atoms with van der Waals surface area (Å²) in [7, 11) is 0. The van der Waals surface area contributed by atoms with Crippen molar-refractivity contribution >= 4 is 11.9 Å². The summed E-state index contributed by atoms with van der Waals surface area (Å²) < 4.78 is 0. The largest absolute Gasteiger partial charge is 0.481 e. The van der Waals surface area contributed by atoms with E-state index in [1.54, 1.807) is 6.92 Å². The summed E-state index contributed by atoms with van der Waals surface area (Å²) in [5.74, 6) is -1.98. The summed E-state index contributed by atoms with van der Waals surface area (Å²) in [5, 5.41) is 18.4. The predicted molar refractivity (Wildman–Crippen MR) is 49.7 cm³/mol. The number of nitrogens with zero attached hydrogens (tertiary/aromatic N) is 1. The zero-order chi connectivity index (χ0) is 11.4. The maximum absolute atomic E-state index is 11.3. The third-order valence-electron chi connectivity index (χ3n) is 2.28. The second-order valence-electron chi connectivity index (χ2n) is 3.62. The fourth-order valence-electron chi connectivity index (χ4n) is 1.40. The van der Waals surface area contributed by atoms with Crippen molar-refractivity contribution in [3.63, 3.8) is 0 Å². The molecule has 1 amide bonds. The molecule has 2 atom stereocenters. The Hall–Kier alpha value is -1.14. The van der Waals surface area contributed by atoms with E-state index < -0.39 is 11.9 Å². The van der Waals surface area contributed by atoms with Crippen LogP contribution >= 0.6 is 0 Å². The van der Waals surface area contributed by atoms with Crippen LogP contribution in [-0.2, 0) is 14.4 Å². The molecule has 1 aliphatic heterocycles. The molecule has 1 aliphatic rings. The average Bonchev–Trinajstić information content (AvgIpc) is 2.48. The smallest absolute Gasteiger partial charge is 0.308 e. The average molecular weight is 217 g/mol. The third kappa shape index (κ3) is 3.17. The minimum Gasteiger partial charge on any atom is -0.481 e. The van der Waals surface area contributed by atoms with Gasteiger partial charge in [0, 0.05) is 13.0 Å². The standard InChI is InChI=1S/C9H15NO5/c1-6(2-3-11)15-10-5-7(9(13)14)4-8(10)12/h6-7,11H,2-5H2,1H3,(H,13,14). The summed E-state index contributed by atoms with van der Waals surface area (Å²) in [6.45, 7) is 1.78. The van der Waals surface area contributed by atoms with Gasteiger partial charge in [0.25, 0.3) is 0 Å². The van der Waals surface area contributed by atoms with Crippen molar-refractivity contribution in [3.8, 4) is 0 Å². The molecule has 86 valence electrons. The van der Waals surface area contributed by atoms with Crippen LogP contribution in [0.5, 0.6) is 0 Å². The van der Waals surface area contributed by atoms with E-state index in [9.17, 15) is 9.59 Å². The summed E-state index contributed by atoms with van der Waals surface area (Å²) in [4.78, 5) is 27.1. The Balaban J connectivity index is 2.43. The normalized spacial score (nSPS) is 23.2. The molecule has 1 fully saturated rings. The SMILES string of the molecule is CC(CCO)ON1CC(C(=O)O)CC1=O. The Morgan fingerprint density at radius 3 is 2.87 bits per heavy atom. The first-order chi connectivity index (χ1) is 7.04. The van der Waals surface area contributed by atoms with Gasteiger partial charge in [0.2, 0.25) is 5.91 Å². The number of carboxylic acids is 1. The lowest BCUT2D eigenvalue weighted by Crippen LogP contribution is -2.31. The Morgan fingerprint density at radius 1 is 1.73 bits per heavy atom. The van der Waals surface area contributed by atoms with Gasteiger partial charge in [-0.1, -0.05) is 0 Å². The van der Waals surface area contributed by atoms with Gasteiger partial charge in [-0.15, -0.1) is 0 Å². The number of aliphatic hydroxyl groups is 1. The molecule has 0 aliphatic carbocycles. The molecule has 2 unspecified atom stereocenters. The van der Waals surface area contributed by atoms with Crippen LogP contribution in [0.25, 0.3) is 0 Å². The Kier molecular flexibility index (Phi) is 4.05. The van der Waals surface area contributed by atoms with Crippen LogP contribution in [0.15, 0.2) is 0 Å². The molecular formula is C9H15NO5. The minimum absolute atomic E-state index is 0.0127. The molecule has 0 saturated carbocycles. The number of aliphatic hydroxyl groups excluding tert-OH is 1. The number of carboxylic acid groups (broad SMARTS) is 1. The van der Waals surface area contributed by atoms with Gasteiger partial charge in [-0.2, -0.15) is 0 Å². The van der Waals surface area contributed by atoms with Crippen molar-refractivity contribution in [1.29, 1.82) is 0 Å². The quantitative estimate of drug-likeness (QED) is 0.655. The molecule has 0 aromatic carbocycles. The highest BCUT2D eigenvalue weighted by atomic mass is 16.7. The molecule has 1 rings (SSSR count). The summed E-state index contributed by atoms with van der Waals surface area (Å²) in [6, 6.07) is 0. The molecule has 0 aromatic heterocycles. The van der Waals surface area contributed by atoms with E-state index in [-0.39, 0.29) is 31.6 Å². The Labute approximate surface area is 87.4 Å². The number of hydrogen-bond acceptors (Lipinski definition) is 4. The van der Waals surface area contributed by atoms with E-state index in [0.29, 0.717) is 6.42 Å². The fourth-order valence-corrected chi connectivity index (χ4v) is 1.40. The van der Waals surface area contributed by atoms with Crippen LogP contribution in [0.2, 0.25) is 0 Å². The van der Waals surface area contributed by atoms with Crippen LogP contribution < -0.4 is 0 Å². The Morgan fingerprint density at radius 2 is 2.40 bits per heavy atom. The molecule has 1 heterocycles. The molecule has 0 bridgehead atoms. The van der Waals surface area contributed by atoms with Crippen LogP contribution in [0.3, 0.4) is 0 Å². The maximum Gasteiger partial charge on any atom is 0.308 e. The number of rotatable bonds is 5. The van der Waals surface area contributed by atoms with Crippen molar-refractivity contribution in [3.05, 3.63) is 0 Å². The van der Waals surface area contributed by atoms with Crippen molar-refractivity contribution in [1.82, 2.24) is 5.06 Å². The molecular weight excluding hydrogens is 202 g/mol.